The summed E-state index contributed by atoms with van der Waals surface area (Å²) in [5.41, 5.74) is 0.543. The van der Waals surface area contributed by atoms with E-state index in [0.717, 1.165) is 5.56 Å². The molecule has 0 aliphatic carbocycles. The maximum absolute atomic E-state index is 12.6. The summed E-state index contributed by atoms with van der Waals surface area (Å²) in [6.45, 7) is 7.77. The van der Waals surface area contributed by atoms with E-state index in [9.17, 15) is 9.59 Å². The summed E-state index contributed by atoms with van der Waals surface area (Å²) >= 11 is 2.84. The second-order valence-corrected chi connectivity index (χ2v) is 8.26. The van der Waals surface area contributed by atoms with Crippen molar-refractivity contribution in [2.24, 2.45) is 0 Å². The summed E-state index contributed by atoms with van der Waals surface area (Å²) in [5, 5.41) is 4.77. The molecule has 3 rings (SSSR count). The number of fused-ring (bicyclic) bond motifs is 1. The van der Waals surface area contributed by atoms with Crippen molar-refractivity contribution < 1.29 is 9.21 Å². The Bertz CT molecular complexity index is 975. The number of aromatic nitrogens is 2. The van der Waals surface area contributed by atoms with Gasteiger partial charge in [0.05, 0.1) is 22.1 Å². The molecule has 2 N–H and O–H groups in total. The lowest BCUT2D eigenvalue weighted by Gasteiger charge is -2.16. The van der Waals surface area contributed by atoms with Crippen LogP contribution in [0.1, 0.15) is 24.9 Å². The summed E-state index contributed by atoms with van der Waals surface area (Å²) in [6.07, 6.45) is 3.21. The van der Waals surface area contributed by atoms with Crippen LogP contribution in [-0.4, -0.2) is 27.7 Å². The molecule has 3 heterocycles. The molecule has 0 fully saturated rings. The zero-order chi connectivity index (χ0) is 18.7. The van der Waals surface area contributed by atoms with Crippen molar-refractivity contribution in [1.82, 2.24) is 15.3 Å². The minimum Gasteiger partial charge on any atom is -0.464 e. The van der Waals surface area contributed by atoms with Crippen molar-refractivity contribution in [2.45, 2.75) is 24.3 Å². The molecular formula is C18H19N3O3S2. The standard InChI is InChI=1S/C18H19N3O3S2/c1-4-7-19-16(22)11(3)26-10(2)15-20-17(23)14-12(9-25-18(14)21-15)13-6-5-8-24-13/h4-6,8-11H,1,7H2,2-3H3,(H,19,22)(H,20,21,23). The lowest BCUT2D eigenvalue weighted by molar-refractivity contribution is -0.120. The van der Waals surface area contributed by atoms with Crippen LogP contribution in [0, 0.1) is 0 Å². The lowest BCUT2D eigenvalue weighted by Crippen LogP contribution is -2.31. The zero-order valence-electron chi connectivity index (χ0n) is 14.4. The summed E-state index contributed by atoms with van der Waals surface area (Å²) < 4.78 is 5.40. The number of nitrogens with one attached hydrogen (secondary N) is 2. The van der Waals surface area contributed by atoms with Gasteiger partial charge in [0.15, 0.2) is 0 Å². The molecule has 3 aromatic rings. The van der Waals surface area contributed by atoms with Gasteiger partial charge in [0.25, 0.3) is 5.56 Å². The number of H-pyrrole nitrogens is 1. The molecule has 2 unspecified atom stereocenters. The monoisotopic (exact) mass is 389 g/mol. The maximum atomic E-state index is 12.6. The highest BCUT2D eigenvalue weighted by Gasteiger charge is 2.21. The largest absolute Gasteiger partial charge is 0.464 e. The van der Waals surface area contributed by atoms with Gasteiger partial charge in [0.2, 0.25) is 5.91 Å². The zero-order valence-corrected chi connectivity index (χ0v) is 16.1. The highest BCUT2D eigenvalue weighted by molar-refractivity contribution is 8.00. The molecular weight excluding hydrogens is 370 g/mol. The van der Waals surface area contributed by atoms with Crippen LogP contribution in [0.5, 0.6) is 0 Å². The molecule has 0 saturated carbocycles. The Balaban J connectivity index is 1.84. The Morgan fingerprint density at radius 2 is 2.35 bits per heavy atom. The fourth-order valence-corrected chi connectivity index (χ4v) is 4.52. The Kier molecular flexibility index (Phi) is 5.63. The summed E-state index contributed by atoms with van der Waals surface area (Å²) in [7, 11) is 0. The molecule has 1 amide bonds. The molecule has 26 heavy (non-hydrogen) atoms. The predicted octanol–water partition coefficient (Wildman–Crippen LogP) is 3.73. The molecule has 0 aliphatic rings. The average molecular weight is 390 g/mol. The maximum Gasteiger partial charge on any atom is 0.260 e. The number of carbonyl (C=O) groups excluding carboxylic acids is 1. The van der Waals surface area contributed by atoms with Crippen LogP contribution in [0.15, 0.2) is 45.6 Å². The number of aromatic amines is 1. The second kappa shape index (κ2) is 7.92. The Labute approximate surface area is 158 Å². The first kappa shape index (κ1) is 18.5. The van der Waals surface area contributed by atoms with E-state index in [0.29, 0.717) is 28.3 Å². The molecule has 0 saturated heterocycles. The van der Waals surface area contributed by atoms with Crippen LogP contribution in [0.25, 0.3) is 21.5 Å². The molecule has 0 radical (unpaired) electrons. The average Bonchev–Trinajstić information content (AvgIpc) is 3.28. The number of rotatable bonds is 7. The number of thioether (sulfide) groups is 1. The SMILES string of the molecule is C=CCNC(=O)C(C)SC(C)c1nc2scc(-c3ccco3)c2c(=O)[nH]1. The summed E-state index contributed by atoms with van der Waals surface area (Å²) in [4.78, 5) is 32.7. The van der Waals surface area contributed by atoms with Crippen molar-refractivity contribution in [3.05, 3.63) is 52.6 Å². The number of furan rings is 1. The van der Waals surface area contributed by atoms with E-state index in [1.807, 2.05) is 25.3 Å². The quantitative estimate of drug-likeness (QED) is 0.601. The first-order valence-electron chi connectivity index (χ1n) is 8.10. The molecule has 0 aliphatic heterocycles. The Hall–Kier alpha value is -2.32. The van der Waals surface area contributed by atoms with Gasteiger partial charge in [-0.2, -0.15) is 0 Å². The molecule has 6 nitrogen and oxygen atoms in total. The third-order valence-electron chi connectivity index (χ3n) is 3.83. The van der Waals surface area contributed by atoms with Gasteiger partial charge in [0, 0.05) is 17.5 Å². The van der Waals surface area contributed by atoms with Crippen LogP contribution in [0.3, 0.4) is 0 Å². The van der Waals surface area contributed by atoms with Crippen molar-refractivity contribution >= 4 is 39.2 Å². The molecule has 3 aromatic heterocycles. The van der Waals surface area contributed by atoms with Crippen LogP contribution in [0.4, 0.5) is 0 Å². The second-order valence-electron chi connectivity index (χ2n) is 5.71. The van der Waals surface area contributed by atoms with Crippen molar-refractivity contribution in [3.8, 4) is 11.3 Å². The number of hydrogen-bond acceptors (Lipinski definition) is 6. The lowest BCUT2D eigenvalue weighted by atomic mass is 10.2. The fraction of sp³-hybridized carbons (Fsp3) is 0.278. The molecule has 8 heteroatoms. The summed E-state index contributed by atoms with van der Waals surface area (Å²) in [6, 6.07) is 3.60. The van der Waals surface area contributed by atoms with Crippen LogP contribution < -0.4 is 10.9 Å². The molecule has 0 bridgehead atoms. The van der Waals surface area contributed by atoms with Crippen molar-refractivity contribution in [3.63, 3.8) is 0 Å². The van der Waals surface area contributed by atoms with Gasteiger partial charge in [-0.15, -0.1) is 29.7 Å². The Morgan fingerprint density at radius 1 is 1.54 bits per heavy atom. The van der Waals surface area contributed by atoms with E-state index in [2.05, 4.69) is 21.9 Å². The third-order valence-corrected chi connectivity index (χ3v) is 5.96. The highest BCUT2D eigenvalue weighted by Crippen LogP contribution is 2.34. The van der Waals surface area contributed by atoms with E-state index in [1.165, 1.54) is 23.1 Å². The molecule has 0 spiro atoms. The normalized spacial score (nSPS) is 13.5. The topological polar surface area (TPSA) is 88.0 Å². The minimum absolute atomic E-state index is 0.0681. The number of nitrogens with zero attached hydrogens (tertiary/aromatic N) is 1. The highest BCUT2D eigenvalue weighted by atomic mass is 32.2. The van der Waals surface area contributed by atoms with E-state index in [-0.39, 0.29) is 22.0 Å². The van der Waals surface area contributed by atoms with Gasteiger partial charge < -0.3 is 14.7 Å². The molecule has 0 aromatic carbocycles. The summed E-state index contributed by atoms with van der Waals surface area (Å²) in [5.74, 6) is 1.14. The number of amides is 1. The molecule has 136 valence electrons. The van der Waals surface area contributed by atoms with Gasteiger partial charge in [-0.1, -0.05) is 6.08 Å². The van der Waals surface area contributed by atoms with Gasteiger partial charge in [-0.25, -0.2) is 4.98 Å². The van der Waals surface area contributed by atoms with Gasteiger partial charge in [-0.3, -0.25) is 9.59 Å². The van der Waals surface area contributed by atoms with E-state index in [4.69, 9.17) is 4.42 Å². The fourth-order valence-electron chi connectivity index (χ4n) is 2.52. The van der Waals surface area contributed by atoms with Crippen LogP contribution in [0.2, 0.25) is 0 Å². The van der Waals surface area contributed by atoms with E-state index < -0.39 is 0 Å². The Morgan fingerprint density at radius 3 is 3.04 bits per heavy atom. The van der Waals surface area contributed by atoms with Gasteiger partial charge >= 0.3 is 0 Å². The van der Waals surface area contributed by atoms with Gasteiger partial charge in [0.1, 0.15) is 16.4 Å². The van der Waals surface area contributed by atoms with Crippen molar-refractivity contribution in [2.75, 3.05) is 6.54 Å². The minimum atomic E-state index is -0.270. The first-order valence-corrected chi connectivity index (χ1v) is 9.93. The van der Waals surface area contributed by atoms with E-state index in [1.54, 1.807) is 18.4 Å². The van der Waals surface area contributed by atoms with Crippen molar-refractivity contribution in [1.29, 1.82) is 0 Å². The van der Waals surface area contributed by atoms with Gasteiger partial charge in [-0.05, 0) is 26.0 Å². The smallest absolute Gasteiger partial charge is 0.260 e. The molecule has 2 atom stereocenters. The van der Waals surface area contributed by atoms with Crippen LogP contribution >= 0.6 is 23.1 Å². The number of thiophene rings is 1. The number of carbonyl (C=O) groups is 1. The number of hydrogen-bond donors (Lipinski definition) is 2. The predicted molar refractivity (Wildman–Crippen MR) is 107 cm³/mol. The first-order chi connectivity index (χ1) is 12.5. The van der Waals surface area contributed by atoms with E-state index >= 15 is 0 Å². The van der Waals surface area contributed by atoms with Crippen LogP contribution in [-0.2, 0) is 4.79 Å². The third kappa shape index (κ3) is 3.76.